The number of hydrogen-bond donors (Lipinski definition) is 3. The van der Waals surface area contributed by atoms with E-state index >= 15 is 0 Å². The minimum atomic E-state index is -0.580. The van der Waals surface area contributed by atoms with Crippen LogP contribution in [0.25, 0.3) is 0 Å². The molecule has 202 valence electrons. The van der Waals surface area contributed by atoms with Crippen molar-refractivity contribution in [3.05, 3.63) is 62.0 Å². The van der Waals surface area contributed by atoms with Gasteiger partial charge >= 0.3 is 0 Å². The van der Waals surface area contributed by atoms with Gasteiger partial charge in [0.1, 0.15) is 0 Å². The first-order valence-corrected chi connectivity index (χ1v) is 16.0. The number of hydrogen-bond acceptors (Lipinski definition) is 7. The van der Waals surface area contributed by atoms with Crippen LogP contribution in [0.2, 0.25) is 0 Å². The molecule has 0 amide bonds. The van der Waals surface area contributed by atoms with E-state index in [2.05, 4.69) is 99.3 Å². The van der Waals surface area contributed by atoms with Crippen molar-refractivity contribution in [3.63, 3.8) is 0 Å². The maximum atomic E-state index is 11.6. The van der Waals surface area contributed by atoms with Gasteiger partial charge in [-0.1, -0.05) is 77.6 Å². The Morgan fingerprint density at radius 3 is 2.62 bits per heavy atom. The number of halogens is 1. The molecule has 4 rings (SSSR count). The number of rotatable bonds is 11. The largest absolute Gasteiger partial charge is 0.390 e. The van der Waals surface area contributed by atoms with E-state index in [1.807, 2.05) is 0 Å². The molecule has 2 aromatic heterocycles. The number of aliphatic hydroxyl groups excluding tert-OH is 1. The molecule has 2 heterocycles. The second kappa shape index (κ2) is 12.7. The van der Waals surface area contributed by atoms with Crippen LogP contribution >= 0.6 is 38.8 Å². The van der Waals surface area contributed by atoms with Gasteiger partial charge in [-0.3, -0.25) is 0 Å². The Morgan fingerprint density at radius 2 is 1.95 bits per heavy atom. The molecule has 8 heteroatoms. The Bertz CT molecular complexity index is 1130. The molecule has 1 aliphatic rings. The summed E-state index contributed by atoms with van der Waals surface area (Å²) in [5, 5.41) is 21.9. The maximum Gasteiger partial charge on any atom is 0.210 e. The molecule has 1 aliphatic carbocycles. The second-order valence-corrected chi connectivity index (χ2v) is 13.8. The zero-order valence-corrected chi connectivity index (χ0v) is 25.7. The Kier molecular flexibility index (Phi) is 9.84. The smallest absolute Gasteiger partial charge is 0.210 e. The Labute approximate surface area is 238 Å². The summed E-state index contributed by atoms with van der Waals surface area (Å²) in [5.41, 5.74) is 4.11. The molecular formula is C29H41BrN4OS2. The van der Waals surface area contributed by atoms with Crippen LogP contribution in [-0.2, 0) is 23.8 Å². The van der Waals surface area contributed by atoms with Gasteiger partial charge in [0, 0.05) is 34.9 Å². The van der Waals surface area contributed by atoms with Gasteiger partial charge in [-0.2, -0.15) is 9.36 Å². The first-order valence-electron chi connectivity index (χ1n) is 13.6. The normalized spacial score (nSPS) is 17.5. The van der Waals surface area contributed by atoms with E-state index in [0.29, 0.717) is 11.3 Å². The lowest BCUT2D eigenvalue weighted by atomic mass is 9.74. The van der Waals surface area contributed by atoms with Gasteiger partial charge < -0.3 is 15.7 Å². The molecule has 37 heavy (non-hydrogen) atoms. The SMILES string of the molecule is CCCc1ccsc1CC(Nc1nc(Br)ns1)C(O)CNC1(c2cccc(C(C)(C)C)c2)CCCCC1. The minimum absolute atomic E-state index is 0.104. The van der Waals surface area contributed by atoms with Crippen LogP contribution in [0.1, 0.15) is 87.8 Å². The fourth-order valence-electron chi connectivity index (χ4n) is 5.39. The number of nitrogens with zero attached hydrogens (tertiary/aromatic N) is 2. The topological polar surface area (TPSA) is 70.1 Å². The van der Waals surface area contributed by atoms with Gasteiger partial charge in [-0.05, 0) is 68.7 Å². The molecule has 0 saturated heterocycles. The maximum absolute atomic E-state index is 11.6. The van der Waals surface area contributed by atoms with Crippen molar-refractivity contribution < 1.29 is 5.11 Å². The summed E-state index contributed by atoms with van der Waals surface area (Å²) in [6, 6.07) is 11.2. The Hall–Kier alpha value is -1.32. The lowest BCUT2D eigenvalue weighted by molar-refractivity contribution is 0.122. The number of aryl methyl sites for hydroxylation is 1. The number of aliphatic hydroxyl groups is 1. The van der Waals surface area contributed by atoms with Gasteiger partial charge in [0.05, 0.1) is 12.1 Å². The van der Waals surface area contributed by atoms with Crippen LogP contribution < -0.4 is 10.6 Å². The first-order chi connectivity index (χ1) is 17.7. The van der Waals surface area contributed by atoms with Crippen LogP contribution in [0.4, 0.5) is 5.13 Å². The molecule has 3 aromatic rings. The van der Waals surface area contributed by atoms with Gasteiger partial charge in [-0.15, -0.1) is 11.3 Å². The van der Waals surface area contributed by atoms with Crippen molar-refractivity contribution in [3.8, 4) is 0 Å². The number of aromatic nitrogens is 2. The van der Waals surface area contributed by atoms with E-state index in [1.165, 1.54) is 52.4 Å². The van der Waals surface area contributed by atoms with Gasteiger partial charge in [0.25, 0.3) is 0 Å². The summed E-state index contributed by atoms with van der Waals surface area (Å²) in [4.78, 5) is 5.79. The molecule has 2 unspecified atom stereocenters. The third-order valence-electron chi connectivity index (χ3n) is 7.57. The second-order valence-electron chi connectivity index (χ2n) is 11.4. The molecule has 3 N–H and O–H groups in total. The standard InChI is InChI=1S/C29H41BrN4OS2/c1-5-10-20-13-16-36-25(20)18-23(32-27-33-26(30)34-37-27)24(35)19-31-29(14-7-6-8-15-29)22-12-9-11-21(17-22)28(2,3)4/h9,11-13,16-17,23-24,31,35H,5-8,10,14-15,18-19H2,1-4H3,(H,32,33,34). The molecular weight excluding hydrogens is 564 g/mol. The van der Waals surface area contributed by atoms with Gasteiger partial charge in [0.2, 0.25) is 9.87 Å². The Balaban J connectivity index is 1.55. The van der Waals surface area contributed by atoms with Crippen LogP contribution in [0, 0.1) is 0 Å². The van der Waals surface area contributed by atoms with Crippen LogP contribution in [0.5, 0.6) is 0 Å². The molecule has 0 bridgehead atoms. The van der Waals surface area contributed by atoms with Crippen molar-refractivity contribution in [1.29, 1.82) is 0 Å². The summed E-state index contributed by atoms with van der Waals surface area (Å²) in [6.07, 6.45) is 8.25. The highest BCUT2D eigenvalue weighted by atomic mass is 79.9. The molecule has 1 fully saturated rings. The molecule has 1 aromatic carbocycles. The first kappa shape index (κ1) is 28.7. The summed E-state index contributed by atoms with van der Waals surface area (Å²) >= 11 is 6.47. The van der Waals surface area contributed by atoms with Crippen LogP contribution in [-0.4, -0.2) is 33.2 Å². The van der Waals surface area contributed by atoms with E-state index in [4.69, 9.17) is 0 Å². The third-order valence-corrected chi connectivity index (χ3v) is 9.80. The van der Waals surface area contributed by atoms with Crippen molar-refractivity contribution >= 4 is 43.9 Å². The summed E-state index contributed by atoms with van der Waals surface area (Å²) in [5.74, 6) is 0. The van der Waals surface area contributed by atoms with Gasteiger partial charge in [0.15, 0.2) is 0 Å². The van der Waals surface area contributed by atoms with Crippen LogP contribution in [0.15, 0.2) is 40.4 Å². The summed E-state index contributed by atoms with van der Waals surface area (Å²) in [6.45, 7) is 9.56. The third kappa shape index (κ3) is 7.41. The average Bonchev–Trinajstić information content (AvgIpc) is 3.50. The number of thiophene rings is 1. The molecule has 0 aliphatic heterocycles. The van der Waals surface area contributed by atoms with Crippen LogP contribution in [0.3, 0.4) is 0 Å². The number of anilines is 1. The highest BCUT2D eigenvalue weighted by molar-refractivity contribution is 9.10. The summed E-state index contributed by atoms with van der Waals surface area (Å²) < 4.78 is 4.84. The van der Waals surface area contributed by atoms with Crippen molar-refractivity contribution in [2.24, 2.45) is 0 Å². The highest BCUT2D eigenvalue weighted by Crippen LogP contribution is 2.39. The minimum Gasteiger partial charge on any atom is -0.390 e. The van der Waals surface area contributed by atoms with E-state index in [0.717, 1.165) is 37.2 Å². The van der Waals surface area contributed by atoms with Crippen molar-refractivity contribution in [1.82, 2.24) is 14.7 Å². The van der Waals surface area contributed by atoms with Gasteiger partial charge in [-0.25, -0.2) is 0 Å². The fourth-order valence-corrected chi connectivity index (χ4v) is 7.43. The summed E-state index contributed by atoms with van der Waals surface area (Å²) in [7, 11) is 0. The quantitative estimate of drug-likeness (QED) is 0.212. The molecule has 1 saturated carbocycles. The van der Waals surface area contributed by atoms with Crippen molar-refractivity contribution in [2.45, 2.75) is 102 Å². The fraction of sp³-hybridized carbons (Fsp3) is 0.586. The van der Waals surface area contributed by atoms with E-state index < -0.39 is 6.10 Å². The Morgan fingerprint density at radius 1 is 1.16 bits per heavy atom. The van der Waals surface area contributed by atoms with E-state index in [9.17, 15) is 5.11 Å². The predicted octanol–water partition coefficient (Wildman–Crippen LogP) is 7.45. The lowest BCUT2D eigenvalue weighted by Crippen LogP contribution is -2.50. The highest BCUT2D eigenvalue weighted by Gasteiger charge is 2.35. The molecule has 2 atom stereocenters. The predicted molar refractivity (Wildman–Crippen MR) is 161 cm³/mol. The van der Waals surface area contributed by atoms with E-state index in [1.54, 1.807) is 11.3 Å². The average molecular weight is 606 g/mol. The van der Waals surface area contributed by atoms with E-state index in [-0.39, 0.29) is 17.0 Å². The van der Waals surface area contributed by atoms with Crippen molar-refractivity contribution in [2.75, 3.05) is 11.9 Å². The number of nitrogens with one attached hydrogen (secondary N) is 2. The number of benzene rings is 1. The zero-order chi connectivity index (χ0) is 26.5. The lowest BCUT2D eigenvalue weighted by Gasteiger charge is -2.41. The molecule has 5 nitrogen and oxygen atoms in total. The molecule has 0 spiro atoms. The monoisotopic (exact) mass is 604 g/mol. The zero-order valence-electron chi connectivity index (χ0n) is 22.5. The molecule has 0 radical (unpaired) electrons.